The Kier molecular flexibility index (Phi) is 5.09. The van der Waals surface area contributed by atoms with Crippen molar-refractivity contribution in [3.63, 3.8) is 0 Å². The Hall–Kier alpha value is -3.00. The predicted octanol–water partition coefficient (Wildman–Crippen LogP) is 3.23. The van der Waals surface area contributed by atoms with Gasteiger partial charge in [-0.1, -0.05) is 6.92 Å². The van der Waals surface area contributed by atoms with Gasteiger partial charge in [-0.05, 0) is 55.0 Å². The van der Waals surface area contributed by atoms with Gasteiger partial charge in [0.25, 0.3) is 5.91 Å². The number of carbonyl (C=O) groups excluding carboxylic acids is 1. The maximum atomic E-state index is 13.1. The van der Waals surface area contributed by atoms with E-state index in [4.69, 9.17) is 0 Å². The minimum Gasteiger partial charge on any atom is -0.322 e. The van der Waals surface area contributed by atoms with Gasteiger partial charge >= 0.3 is 0 Å². The summed E-state index contributed by atoms with van der Waals surface area (Å²) in [6, 6.07) is 11.8. The van der Waals surface area contributed by atoms with Crippen LogP contribution in [0.4, 0.5) is 10.1 Å². The SMILES string of the molecule is CCc1c(C(=O)Nc2ccc(S(C)(=O)=O)cc2)cnn1-c1ccc(F)cc1. The van der Waals surface area contributed by atoms with Gasteiger partial charge in [0.15, 0.2) is 9.84 Å². The molecule has 1 aromatic heterocycles. The number of aromatic nitrogens is 2. The van der Waals surface area contributed by atoms with Gasteiger partial charge in [-0.15, -0.1) is 0 Å². The molecule has 3 rings (SSSR count). The zero-order valence-electron chi connectivity index (χ0n) is 14.8. The van der Waals surface area contributed by atoms with E-state index >= 15 is 0 Å². The largest absolute Gasteiger partial charge is 0.322 e. The highest BCUT2D eigenvalue weighted by Gasteiger charge is 2.17. The number of nitrogens with one attached hydrogen (secondary N) is 1. The van der Waals surface area contributed by atoms with Crippen molar-refractivity contribution in [2.45, 2.75) is 18.2 Å². The van der Waals surface area contributed by atoms with Crippen molar-refractivity contribution >= 4 is 21.4 Å². The lowest BCUT2D eigenvalue weighted by Gasteiger charge is -2.09. The first kappa shape index (κ1) is 18.8. The first-order chi connectivity index (χ1) is 12.8. The molecule has 27 heavy (non-hydrogen) atoms. The van der Waals surface area contributed by atoms with Crippen molar-refractivity contribution in [2.24, 2.45) is 0 Å². The van der Waals surface area contributed by atoms with Gasteiger partial charge in [-0.3, -0.25) is 4.79 Å². The number of hydrogen-bond acceptors (Lipinski definition) is 4. The Balaban J connectivity index is 1.86. The van der Waals surface area contributed by atoms with Crippen LogP contribution in [0.5, 0.6) is 0 Å². The third-order valence-corrected chi connectivity index (χ3v) is 5.19. The Labute approximate surface area is 156 Å². The fourth-order valence-corrected chi connectivity index (χ4v) is 3.32. The fraction of sp³-hybridized carbons (Fsp3) is 0.158. The molecule has 1 N–H and O–H groups in total. The number of halogens is 1. The number of nitrogens with zero attached hydrogens (tertiary/aromatic N) is 2. The zero-order chi connectivity index (χ0) is 19.6. The molecule has 2 aromatic carbocycles. The standard InChI is InChI=1S/C19H18FN3O3S/c1-3-18-17(12-21-23(18)15-8-4-13(20)5-9-15)19(24)22-14-6-10-16(11-7-14)27(2,25)26/h4-12H,3H2,1-2H3,(H,22,24). The lowest BCUT2D eigenvalue weighted by Crippen LogP contribution is -2.14. The molecule has 0 aliphatic rings. The van der Waals surface area contributed by atoms with E-state index in [-0.39, 0.29) is 16.6 Å². The van der Waals surface area contributed by atoms with Crippen LogP contribution in [0, 0.1) is 5.82 Å². The van der Waals surface area contributed by atoms with Gasteiger partial charge in [-0.25, -0.2) is 17.5 Å². The molecule has 0 aliphatic carbocycles. The van der Waals surface area contributed by atoms with Crippen LogP contribution >= 0.6 is 0 Å². The summed E-state index contributed by atoms with van der Waals surface area (Å²) in [5.74, 6) is -0.702. The highest BCUT2D eigenvalue weighted by atomic mass is 32.2. The number of sulfone groups is 1. The summed E-state index contributed by atoms with van der Waals surface area (Å²) in [5, 5.41) is 6.99. The molecule has 6 nitrogen and oxygen atoms in total. The van der Waals surface area contributed by atoms with E-state index in [0.717, 1.165) is 6.26 Å². The molecular formula is C19H18FN3O3S. The second kappa shape index (κ2) is 7.32. The molecule has 1 amide bonds. The Bertz CT molecular complexity index is 1070. The van der Waals surface area contributed by atoms with Gasteiger partial charge < -0.3 is 5.32 Å². The molecule has 0 spiro atoms. The van der Waals surface area contributed by atoms with E-state index in [1.54, 1.807) is 16.8 Å². The van der Waals surface area contributed by atoms with Crippen molar-refractivity contribution in [3.8, 4) is 5.69 Å². The van der Waals surface area contributed by atoms with Crippen LogP contribution < -0.4 is 5.32 Å². The number of rotatable bonds is 5. The van der Waals surface area contributed by atoms with E-state index < -0.39 is 9.84 Å². The number of hydrogen-bond donors (Lipinski definition) is 1. The smallest absolute Gasteiger partial charge is 0.259 e. The molecule has 1 heterocycles. The van der Waals surface area contributed by atoms with Crippen molar-refractivity contribution in [3.05, 3.63) is 71.8 Å². The highest BCUT2D eigenvalue weighted by molar-refractivity contribution is 7.90. The molecule has 140 valence electrons. The highest BCUT2D eigenvalue weighted by Crippen LogP contribution is 2.19. The van der Waals surface area contributed by atoms with Gasteiger partial charge in [0.05, 0.1) is 28.0 Å². The van der Waals surface area contributed by atoms with Crippen molar-refractivity contribution in [1.82, 2.24) is 9.78 Å². The van der Waals surface area contributed by atoms with E-state index in [0.29, 0.717) is 29.1 Å². The summed E-state index contributed by atoms with van der Waals surface area (Å²) in [7, 11) is -3.29. The summed E-state index contributed by atoms with van der Waals surface area (Å²) in [6.07, 6.45) is 3.13. The minimum atomic E-state index is -3.29. The summed E-state index contributed by atoms with van der Waals surface area (Å²) in [4.78, 5) is 12.8. The van der Waals surface area contributed by atoms with E-state index in [9.17, 15) is 17.6 Å². The molecule has 0 radical (unpaired) electrons. The van der Waals surface area contributed by atoms with Crippen LogP contribution in [0.2, 0.25) is 0 Å². The molecule has 0 atom stereocenters. The summed E-state index contributed by atoms with van der Waals surface area (Å²) >= 11 is 0. The summed E-state index contributed by atoms with van der Waals surface area (Å²) < 4.78 is 37.7. The van der Waals surface area contributed by atoms with Crippen LogP contribution in [-0.4, -0.2) is 30.4 Å². The third-order valence-electron chi connectivity index (χ3n) is 4.06. The van der Waals surface area contributed by atoms with Crippen molar-refractivity contribution in [2.75, 3.05) is 11.6 Å². The lowest BCUT2D eigenvalue weighted by molar-refractivity contribution is 0.102. The predicted molar refractivity (Wildman–Crippen MR) is 100 cm³/mol. The third kappa shape index (κ3) is 4.06. The average Bonchev–Trinajstić information content (AvgIpc) is 3.06. The lowest BCUT2D eigenvalue weighted by atomic mass is 10.2. The first-order valence-corrected chi connectivity index (χ1v) is 10.1. The molecule has 0 saturated heterocycles. The first-order valence-electron chi connectivity index (χ1n) is 8.24. The van der Waals surface area contributed by atoms with Crippen LogP contribution in [0.3, 0.4) is 0 Å². The summed E-state index contributed by atoms with van der Waals surface area (Å²) in [5.41, 5.74) is 2.22. The van der Waals surface area contributed by atoms with Gasteiger partial charge in [0.2, 0.25) is 0 Å². The molecule has 0 aliphatic heterocycles. The van der Waals surface area contributed by atoms with Gasteiger partial charge in [0, 0.05) is 11.9 Å². The Morgan fingerprint density at radius 1 is 1.11 bits per heavy atom. The summed E-state index contributed by atoms with van der Waals surface area (Å²) in [6.45, 7) is 1.90. The van der Waals surface area contributed by atoms with Crippen LogP contribution in [0.1, 0.15) is 23.0 Å². The maximum absolute atomic E-state index is 13.1. The molecule has 8 heteroatoms. The van der Waals surface area contributed by atoms with Gasteiger partial charge in [0.1, 0.15) is 5.82 Å². The molecule has 0 saturated carbocycles. The molecule has 0 fully saturated rings. The molecular weight excluding hydrogens is 369 g/mol. The van der Waals surface area contributed by atoms with Crippen LogP contribution in [0.15, 0.2) is 59.6 Å². The number of benzene rings is 2. The maximum Gasteiger partial charge on any atom is 0.259 e. The van der Waals surface area contributed by atoms with Crippen molar-refractivity contribution < 1.29 is 17.6 Å². The quantitative estimate of drug-likeness (QED) is 0.729. The molecule has 3 aromatic rings. The molecule has 0 bridgehead atoms. The zero-order valence-corrected chi connectivity index (χ0v) is 15.6. The number of carbonyl (C=O) groups is 1. The van der Waals surface area contributed by atoms with Gasteiger partial charge in [-0.2, -0.15) is 5.10 Å². The normalized spacial score (nSPS) is 11.4. The van der Waals surface area contributed by atoms with E-state index in [1.165, 1.54) is 42.6 Å². The fourth-order valence-electron chi connectivity index (χ4n) is 2.69. The topological polar surface area (TPSA) is 81.1 Å². The Morgan fingerprint density at radius 2 is 1.74 bits per heavy atom. The van der Waals surface area contributed by atoms with Crippen LogP contribution in [-0.2, 0) is 16.3 Å². The number of amides is 1. The monoisotopic (exact) mass is 387 g/mol. The Morgan fingerprint density at radius 3 is 2.30 bits per heavy atom. The van der Waals surface area contributed by atoms with Crippen LogP contribution in [0.25, 0.3) is 5.69 Å². The van der Waals surface area contributed by atoms with E-state index in [2.05, 4.69) is 10.4 Å². The molecule has 0 unspecified atom stereocenters. The number of anilines is 1. The second-order valence-electron chi connectivity index (χ2n) is 6.00. The van der Waals surface area contributed by atoms with Crippen molar-refractivity contribution in [1.29, 1.82) is 0 Å². The minimum absolute atomic E-state index is 0.180. The van der Waals surface area contributed by atoms with E-state index in [1.807, 2.05) is 6.92 Å². The second-order valence-corrected chi connectivity index (χ2v) is 8.01. The average molecular weight is 387 g/mol.